The highest BCUT2D eigenvalue weighted by atomic mass is 16.6. The number of esters is 1. The third-order valence-electron chi connectivity index (χ3n) is 6.01. The maximum Gasteiger partial charge on any atom is 0.377 e. The molecular weight excluding hydrogens is 310 g/mol. The molecule has 5 aliphatic rings. The largest absolute Gasteiger partial charge is 0.493 e. The Balaban J connectivity index is 1.24. The van der Waals surface area contributed by atoms with Gasteiger partial charge in [0.1, 0.15) is 19.5 Å². The molecule has 4 bridgehead atoms. The number of hydrogen-bond donors (Lipinski definition) is 1. The second-order valence-corrected chi connectivity index (χ2v) is 7.97. The van der Waals surface area contributed by atoms with Crippen LogP contribution in [0.5, 0.6) is 0 Å². The van der Waals surface area contributed by atoms with Crippen molar-refractivity contribution in [3.05, 3.63) is 12.0 Å². The number of rotatable bonds is 5. The highest BCUT2D eigenvalue weighted by Crippen LogP contribution is 2.59. The van der Waals surface area contributed by atoms with Crippen LogP contribution >= 0.6 is 0 Å². The van der Waals surface area contributed by atoms with Crippen LogP contribution in [0.4, 0.5) is 0 Å². The topological polar surface area (TPSA) is 73.9 Å². The van der Waals surface area contributed by atoms with Crippen molar-refractivity contribution in [3.8, 4) is 0 Å². The van der Waals surface area contributed by atoms with E-state index in [1.54, 1.807) is 0 Å². The van der Waals surface area contributed by atoms with E-state index in [0.29, 0.717) is 13.2 Å². The monoisotopic (exact) mass is 335 g/mol. The van der Waals surface area contributed by atoms with E-state index in [0.717, 1.165) is 24.3 Å². The van der Waals surface area contributed by atoms with E-state index < -0.39 is 5.97 Å². The van der Waals surface area contributed by atoms with Crippen molar-refractivity contribution in [1.29, 1.82) is 0 Å². The summed E-state index contributed by atoms with van der Waals surface area (Å²) in [6.07, 6.45) is 9.15. The SMILES string of the molecule is O=C(COC(=O)C1=COCCO1)NCC12CC3CC(CC(C3)C1)C2. The Morgan fingerprint density at radius 2 is 1.79 bits per heavy atom. The fourth-order valence-electron chi connectivity index (χ4n) is 5.52. The molecule has 0 aromatic rings. The summed E-state index contributed by atoms with van der Waals surface area (Å²) in [7, 11) is 0. The molecule has 4 aliphatic carbocycles. The molecule has 4 fully saturated rings. The van der Waals surface area contributed by atoms with Gasteiger partial charge in [-0.05, 0) is 61.7 Å². The second kappa shape index (κ2) is 6.30. The molecule has 6 nitrogen and oxygen atoms in total. The number of carbonyl (C=O) groups excluding carboxylic acids is 2. The fourth-order valence-corrected chi connectivity index (χ4v) is 5.52. The van der Waals surface area contributed by atoms with E-state index in [1.165, 1.54) is 44.8 Å². The molecule has 4 saturated carbocycles. The van der Waals surface area contributed by atoms with Gasteiger partial charge in [0.05, 0.1) is 0 Å². The molecule has 0 saturated heterocycles. The molecular formula is C18H25NO5. The van der Waals surface area contributed by atoms with Crippen molar-refractivity contribution >= 4 is 11.9 Å². The van der Waals surface area contributed by atoms with Gasteiger partial charge < -0.3 is 19.5 Å². The van der Waals surface area contributed by atoms with Crippen LogP contribution in [0.25, 0.3) is 0 Å². The van der Waals surface area contributed by atoms with Crippen molar-refractivity contribution in [2.24, 2.45) is 23.2 Å². The summed E-state index contributed by atoms with van der Waals surface area (Å²) in [6, 6.07) is 0. The molecule has 0 spiro atoms. The Morgan fingerprint density at radius 1 is 1.12 bits per heavy atom. The van der Waals surface area contributed by atoms with Crippen molar-refractivity contribution in [2.75, 3.05) is 26.4 Å². The average Bonchev–Trinajstić information content (AvgIpc) is 2.57. The summed E-state index contributed by atoms with van der Waals surface area (Å²) in [5, 5.41) is 2.99. The third-order valence-corrected chi connectivity index (χ3v) is 6.01. The minimum atomic E-state index is -0.653. The van der Waals surface area contributed by atoms with Crippen molar-refractivity contribution in [2.45, 2.75) is 38.5 Å². The predicted molar refractivity (Wildman–Crippen MR) is 84.6 cm³/mol. The van der Waals surface area contributed by atoms with Crippen LogP contribution in [-0.2, 0) is 23.8 Å². The van der Waals surface area contributed by atoms with Gasteiger partial charge in [-0.2, -0.15) is 0 Å². The summed E-state index contributed by atoms with van der Waals surface area (Å²) in [5.74, 6) is 1.72. The molecule has 1 aliphatic heterocycles. The van der Waals surface area contributed by atoms with Crippen LogP contribution < -0.4 is 5.32 Å². The van der Waals surface area contributed by atoms with Gasteiger partial charge in [-0.3, -0.25) is 4.79 Å². The van der Waals surface area contributed by atoms with Gasteiger partial charge >= 0.3 is 5.97 Å². The predicted octanol–water partition coefficient (Wildman–Crippen LogP) is 1.75. The number of amides is 1. The molecule has 0 unspecified atom stereocenters. The summed E-state index contributed by atoms with van der Waals surface area (Å²) in [6.45, 7) is 1.18. The first-order valence-corrected chi connectivity index (χ1v) is 9.00. The lowest BCUT2D eigenvalue weighted by Gasteiger charge is -2.56. The molecule has 1 amide bonds. The van der Waals surface area contributed by atoms with Gasteiger partial charge in [-0.1, -0.05) is 0 Å². The van der Waals surface area contributed by atoms with E-state index in [4.69, 9.17) is 14.2 Å². The number of carbonyl (C=O) groups is 2. The fraction of sp³-hybridized carbons (Fsp3) is 0.778. The lowest BCUT2D eigenvalue weighted by molar-refractivity contribution is -0.149. The van der Waals surface area contributed by atoms with E-state index in [9.17, 15) is 9.59 Å². The van der Waals surface area contributed by atoms with Crippen LogP contribution in [0, 0.1) is 23.2 Å². The van der Waals surface area contributed by atoms with Gasteiger partial charge in [-0.25, -0.2) is 4.79 Å². The zero-order chi connectivity index (χ0) is 16.6. The Morgan fingerprint density at radius 3 is 2.38 bits per heavy atom. The molecule has 24 heavy (non-hydrogen) atoms. The van der Waals surface area contributed by atoms with Crippen molar-refractivity contribution in [1.82, 2.24) is 5.32 Å². The van der Waals surface area contributed by atoms with E-state index in [-0.39, 0.29) is 23.7 Å². The Hall–Kier alpha value is -1.72. The molecule has 1 N–H and O–H groups in total. The summed E-state index contributed by atoms with van der Waals surface area (Å²) in [4.78, 5) is 23.8. The smallest absolute Gasteiger partial charge is 0.377 e. The molecule has 132 valence electrons. The zero-order valence-corrected chi connectivity index (χ0v) is 13.9. The normalized spacial score (nSPS) is 36.3. The summed E-state index contributed by atoms with van der Waals surface area (Å²) >= 11 is 0. The van der Waals surface area contributed by atoms with Gasteiger partial charge in [0, 0.05) is 6.54 Å². The highest BCUT2D eigenvalue weighted by Gasteiger charge is 2.50. The van der Waals surface area contributed by atoms with Gasteiger partial charge in [-0.15, -0.1) is 0 Å². The lowest BCUT2D eigenvalue weighted by atomic mass is 9.49. The van der Waals surface area contributed by atoms with Crippen LogP contribution in [0.1, 0.15) is 38.5 Å². The molecule has 0 aromatic heterocycles. The maximum atomic E-state index is 12.0. The maximum absolute atomic E-state index is 12.0. The van der Waals surface area contributed by atoms with Gasteiger partial charge in [0.15, 0.2) is 6.61 Å². The van der Waals surface area contributed by atoms with Gasteiger partial charge in [0.2, 0.25) is 5.76 Å². The Bertz CT molecular complexity index is 520. The molecule has 0 atom stereocenters. The van der Waals surface area contributed by atoms with Crippen LogP contribution in [-0.4, -0.2) is 38.2 Å². The van der Waals surface area contributed by atoms with Crippen LogP contribution in [0.2, 0.25) is 0 Å². The molecule has 0 aromatic carbocycles. The van der Waals surface area contributed by atoms with Crippen molar-refractivity contribution < 1.29 is 23.8 Å². The Labute approximate surface area is 141 Å². The van der Waals surface area contributed by atoms with Crippen molar-refractivity contribution in [3.63, 3.8) is 0 Å². The third kappa shape index (κ3) is 3.23. The first-order valence-electron chi connectivity index (χ1n) is 9.00. The minimum Gasteiger partial charge on any atom is -0.493 e. The molecule has 6 heteroatoms. The van der Waals surface area contributed by atoms with E-state index in [1.807, 2.05) is 0 Å². The first-order chi connectivity index (χ1) is 11.6. The van der Waals surface area contributed by atoms with E-state index in [2.05, 4.69) is 5.32 Å². The molecule has 5 rings (SSSR count). The van der Waals surface area contributed by atoms with E-state index >= 15 is 0 Å². The summed E-state index contributed by atoms with van der Waals surface area (Å²) in [5.41, 5.74) is 0.289. The average molecular weight is 335 g/mol. The van der Waals surface area contributed by atoms with Crippen LogP contribution in [0.15, 0.2) is 12.0 Å². The lowest BCUT2D eigenvalue weighted by Crippen LogP contribution is -2.51. The van der Waals surface area contributed by atoms with Gasteiger partial charge in [0.25, 0.3) is 5.91 Å². The number of ether oxygens (including phenoxy) is 3. The first kappa shape index (κ1) is 15.8. The molecule has 1 heterocycles. The van der Waals surface area contributed by atoms with Crippen LogP contribution in [0.3, 0.4) is 0 Å². The number of hydrogen-bond acceptors (Lipinski definition) is 5. The summed E-state index contributed by atoms with van der Waals surface area (Å²) < 4.78 is 15.1. The standard InChI is InChI=1S/C18H25NO5/c20-16(10-24-17(21)15-9-22-1-2-23-15)19-11-18-6-12-3-13(7-18)5-14(4-12)8-18/h9,12-14H,1-8,10-11H2,(H,19,20). The Kier molecular flexibility index (Phi) is 4.14. The highest BCUT2D eigenvalue weighted by molar-refractivity contribution is 5.88. The zero-order valence-electron chi connectivity index (χ0n) is 13.9. The molecule has 0 radical (unpaired) electrons. The minimum absolute atomic E-state index is 0.0233. The quantitative estimate of drug-likeness (QED) is 0.775. The second-order valence-electron chi connectivity index (χ2n) is 7.97. The number of nitrogens with one attached hydrogen (secondary N) is 1.